The predicted octanol–water partition coefficient (Wildman–Crippen LogP) is 1.55. The number of amides is 2. The minimum absolute atomic E-state index is 0.00836. The van der Waals surface area contributed by atoms with Gasteiger partial charge < -0.3 is 15.4 Å². The van der Waals surface area contributed by atoms with Gasteiger partial charge in [-0.25, -0.2) is 0 Å². The Labute approximate surface area is 142 Å². The molecule has 6 nitrogen and oxygen atoms in total. The first-order chi connectivity index (χ1) is 11.7. The second-order valence-electron chi connectivity index (χ2n) is 6.38. The van der Waals surface area contributed by atoms with Crippen LogP contribution in [0.15, 0.2) is 18.2 Å². The van der Waals surface area contributed by atoms with Crippen LogP contribution in [0.4, 0.5) is 5.69 Å². The van der Waals surface area contributed by atoms with Crippen molar-refractivity contribution in [3.05, 3.63) is 23.8 Å². The molecule has 24 heavy (non-hydrogen) atoms. The van der Waals surface area contributed by atoms with Gasteiger partial charge in [0, 0.05) is 30.8 Å². The molecule has 0 aliphatic carbocycles. The van der Waals surface area contributed by atoms with Crippen LogP contribution in [0.2, 0.25) is 0 Å². The summed E-state index contributed by atoms with van der Waals surface area (Å²) in [6, 6.07) is 6.02. The first-order valence-corrected chi connectivity index (χ1v) is 8.72. The molecule has 6 heteroatoms. The van der Waals surface area contributed by atoms with Gasteiger partial charge in [-0.1, -0.05) is 13.0 Å². The van der Waals surface area contributed by atoms with Gasteiger partial charge in [-0.15, -0.1) is 0 Å². The summed E-state index contributed by atoms with van der Waals surface area (Å²) in [5.74, 6) is 0.510. The Morgan fingerprint density at radius 1 is 1.42 bits per heavy atom. The molecule has 2 aliphatic heterocycles. The summed E-state index contributed by atoms with van der Waals surface area (Å²) in [5.41, 5.74) is 1.89. The van der Waals surface area contributed by atoms with Gasteiger partial charge in [-0.3, -0.25) is 14.5 Å². The number of likely N-dealkylation sites (tertiary alicyclic amines) is 1. The van der Waals surface area contributed by atoms with Crippen molar-refractivity contribution in [2.24, 2.45) is 0 Å². The molecular weight excluding hydrogens is 306 g/mol. The van der Waals surface area contributed by atoms with E-state index in [9.17, 15) is 9.59 Å². The average molecular weight is 331 g/mol. The number of benzene rings is 1. The van der Waals surface area contributed by atoms with E-state index >= 15 is 0 Å². The summed E-state index contributed by atoms with van der Waals surface area (Å²) < 4.78 is 5.56. The summed E-state index contributed by atoms with van der Waals surface area (Å²) in [5, 5.41) is 5.79. The highest BCUT2D eigenvalue weighted by Crippen LogP contribution is 2.27. The van der Waals surface area contributed by atoms with Crippen molar-refractivity contribution in [1.82, 2.24) is 10.2 Å². The molecule has 1 atom stereocenters. The molecule has 0 bridgehead atoms. The number of nitrogens with one attached hydrogen (secondary N) is 2. The van der Waals surface area contributed by atoms with Gasteiger partial charge >= 0.3 is 0 Å². The number of likely N-dealkylation sites (N-methyl/N-ethyl adjacent to an activating group) is 1. The molecule has 2 amide bonds. The molecule has 1 fully saturated rings. The highest BCUT2D eigenvalue weighted by Gasteiger charge is 2.23. The van der Waals surface area contributed by atoms with Crippen LogP contribution < -0.4 is 15.4 Å². The molecule has 2 heterocycles. The molecule has 0 spiro atoms. The maximum absolute atomic E-state index is 12.0. The van der Waals surface area contributed by atoms with Crippen LogP contribution in [0.5, 0.6) is 5.75 Å². The molecule has 0 radical (unpaired) electrons. The van der Waals surface area contributed by atoms with Crippen LogP contribution in [-0.2, 0) is 16.0 Å². The maximum atomic E-state index is 12.0. The predicted molar refractivity (Wildman–Crippen MR) is 92.2 cm³/mol. The Morgan fingerprint density at radius 3 is 3.12 bits per heavy atom. The zero-order valence-electron chi connectivity index (χ0n) is 14.1. The van der Waals surface area contributed by atoms with E-state index in [-0.39, 0.29) is 18.4 Å². The largest absolute Gasteiger partial charge is 0.484 e. The Hall–Kier alpha value is -2.08. The quantitative estimate of drug-likeness (QED) is 0.830. The van der Waals surface area contributed by atoms with Gasteiger partial charge in [0.2, 0.25) is 5.91 Å². The number of carbonyl (C=O) groups excluding carboxylic acids is 2. The molecule has 1 aromatic rings. The third-order valence-corrected chi connectivity index (χ3v) is 4.79. The lowest BCUT2D eigenvalue weighted by molar-refractivity contribution is -0.123. The number of fused-ring (bicyclic) bond motifs is 1. The van der Waals surface area contributed by atoms with E-state index in [1.54, 1.807) is 6.07 Å². The number of ether oxygens (including phenoxy) is 1. The molecular formula is C18H25N3O3. The molecule has 1 aromatic carbocycles. The minimum Gasteiger partial charge on any atom is -0.484 e. The van der Waals surface area contributed by atoms with Gasteiger partial charge in [0.25, 0.3) is 5.91 Å². The molecule has 0 aromatic heterocycles. The zero-order chi connectivity index (χ0) is 16.9. The lowest BCUT2D eigenvalue weighted by Gasteiger charge is -2.23. The number of hydrogen-bond acceptors (Lipinski definition) is 4. The third-order valence-electron chi connectivity index (χ3n) is 4.79. The molecule has 130 valence electrons. The fraction of sp³-hybridized carbons (Fsp3) is 0.556. The van der Waals surface area contributed by atoms with Crippen molar-refractivity contribution in [1.29, 1.82) is 0 Å². The number of aryl methyl sites for hydroxylation is 1. The van der Waals surface area contributed by atoms with Gasteiger partial charge in [0.1, 0.15) is 5.75 Å². The van der Waals surface area contributed by atoms with E-state index in [4.69, 9.17) is 4.74 Å². The highest BCUT2D eigenvalue weighted by atomic mass is 16.5. The van der Waals surface area contributed by atoms with Gasteiger partial charge in [0.05, 0.1) is 0 Å². The van der Waals surface area contributed by atoms with E-state index in [1.165, 1.54) is 6.42 Å². The molecule has 2 N–H and O–H groups in total. The summed E-state index contributed by atoms with van der Waals surface area (Å²) in [7, 11) is 0. The highest BCUT2D eigenvalue weighted by molar-refractivity contribution is 5.94. The fourth-order valence-corrected chi connectivity index (χ4v) is 3.41. The van der Waals surface area contributed by atoms with Crippen molar-refractivity contribution in [2.75, 3.05) is 31.6 Å². The van der Waals surface area contributed by atoms with Crippen molar-refractivity contribution in [3.63, 3.8) is 0 Å². The van der Waals surface area contributed by atoms with Gasteiger partial charge in [0.15, 0.2) is 6.61 Å². The van der Waals surface area contributed by atoms with Gasteiger partial charge in [-0.05, 0) is 44.0 Å². The summed E-state index contributed by atoms with van der Waals surface area (Å²) >= 11 is 0. The monoisotopic (exact) mass is 331 g/mol. The molecule has 0 unspecified atom stereocenters. The Kier molecular flexibility index (Phi) is 5.35. The van der Waals surface area contributed by atoms with E-state index in [0.717, 1.165) is 37.2 Å². The summed E-state index contributed by atoms with van der Waals surface area (Å²) in [6.07, 6.45) is 3.61. The van der Waals surface area contributed by atoms with Crippen molar-refractivity contribution in [3.8, 4) is 5.75 Å². The first kappa shape index (κ1) is 16.8. The van der Waals surface area contributed by atoms with Crippen molar-refractivity contribution >= 4 is 17.5 Å². The van der Waals surface area contributed by atoms with Gasteiger partial charge in [-0.2, -0.15) is 0 Å². The molecule has 0 saturated carbocycles. The standard InChI is InChI=1S/C18H25N3O3/c1-2-21-9-3-4-14(21)11-19-18(23)12-24-15-7-5-13-6-8-17(22)20-16(13)10-15/h5,7,10,14H,2-4,6,8-9,11-12H2,1H3,(H,19,23)(H,20,22)/t14-/m1/s1. The maximum Gasteiger partial charge on any atom is 0.257 e. The lowest BCUT2D eigenvalue weighted by Crippen LogP contribution is -2.41. The topological polar surface area (TPSA) is 70.7 Å². The third kappa shape index (κ3) is 4.06. The molecule has 3 rings (SSSR count). The zero-order valence-corrected chi connectivity index (χ0v) is 14.1. The van der Waals surface area contributed by atoms with Crippen molar-refractivity contribution in [2.45, 2.75) is 38.6 Å². The van der Waals surface area contributed by atoms with E-state index < -0.39 is 0 Å². The van der Waals surface area contributed by atoms with Crippen LogP contribution in [0.3, 0.4) is 0 Å². The summed E-state index contributed by atoms with van der Waals surface area (Å²) in [4.78, 5) is 25.8. The second kappa shape index (κ2) is 7.66. The smallest absolute Gasteiger partial charge is 0.257 e. The number of anilines is 1. The van der Waals surface area contributed by atoms with Crippen LogP contribution >= 0.6 is 0 Å². The van der Waals surface area contributed by atoms with Crippen LogP contribution in [0, 0.1) is 0 Å². The van der Waals surface area contributed by atoms with E-state index in [2.05, 4.69) is 22.5 Å². The van der Waals surface area contributed by atoms with Crippen molar-refractivity contribution < 1.29 is 14.3 Å². The van der Waals surface area contributed by atoms with E-state index in [1.807, 2.05) is 12.1 Å². The number of hydrogen-bond donors (Lipinski definition) is 2. The molecule has 2 aliphatic rings. The normalized spacial score (nSPS) is 20.4. The van der Waals surface area contributed by atoms with Crippen LogP contribution in [0.25, 0.3) is 0 Å². The first-order valence-electron chi connectivity index (χ1n) is 8.72. The second-order valence-corrected chi connectivity index (χ2v) is 6.38. The molecule has 1 saturated heterocycles. The number of rotatable bonds is 6. The Bertz CT molecular complexity index is 618. The van der Waals surface area contributed by atoms with Crippen LogP contribution in [0.1, 0.15) is 31.7 Å². The Morgan fingerprint density at radius 2 is 2.29 bits per heavy atom. The Balaban J connectivity index is 1.46. The lowest BCUT2D eigenvalue weighted by atomic mass is 10.0. The minimum atomic E-state index is -0.111. The fourth-order valence-electron chi connectivity index (χ4n) is 3.41. The van der Waals surface area contributed by atoms with Crippen LogP contribution in [-0.4, -0.2) is 49.0 Å². The SMILES string of the molecule is CCN1CCC[C@@H]1CNC(=O)COc1ccc2c(c1)NC(=O)CC2. The summed E-state index contributed by atoms with van der Waals surface area (Å²) in [6.45, 7) is 4.96. The number of nitrogens with zero attached hydrogens (tertiary/aromatic N) is 1. The number of carbonyl (C=O) groups is 2. The van der Waals surface area contributed by atoms with E-state index in [0.29, 0.717) is 24.8 Å². The average Bonchev–Trinajstić information content (AvgIpc) is 3.05.